The minimum atomic E-state index is -0.977. The molecule has 0 fully saturated rings. The Labute approximate surface area is 123 Å². The summed E-state index contributed by atoms with van der Waals surface area (Å²) < 4.78 is 0. The molecule has 21 heavy (non-hydrogen) atoms. The first-order valence-electron chi connectivity index (χ1n) is 6.66. The van der Waals surface area contributed by atoms with Crippen molar-refractivity contribution in [1.82, 2.24) is 10.6 Å². The molecule has 1 aromatic rings. The maximum absolute atomic E-state index is 11.9. The Morgan fingerprint density at radius 1 is 1.14 bits per heavy atom. The van der Waals surface area contributed by atoms with Gasteiger partial charge in [0, 0.05) is 12.1 Å². The fourth-order valence-electron chi connectivity index (χ4n) is 1.56. The zero-order valence-electron chi connectivity index (χ0n) is 12.4. The zero-order valence-corrected chi connectivity index (χ0v) is 12.4. The molecule has 1 unspecified atom stereocenters. The summed E-state index contributed by atoms with van der Waals surface area (Å²) in [6.45, 7) is 5.21. The SMILES string of the molecule is Cc1ccc(C(=O)NCC(=O)NCC(C)C(=O)O)cc1C. The van der Waals surface area contributed by atoms with Crippen molar-refractivity contribution in [2.24, 2.45) is 5.92 Å². The van der Waals surface area contributed by atoms with Gasteiger partial charge in [-0.25, -0.2) is 0 Å². The zero-order chi connectivity index (χ0) is 16.0. The Bertz CT molecular complexity index is 555. The number of carboxylic acids is 1. The molecule has 6 nitrogen and oxygen atoms in total. The molecule has 114 valence electrons. The number of hydrogen-bond donors (Lipinski definition) is 3. The van der Waals surface area contributed by atoms with E-state index in [1.165, 1.54) is 6.92 Å². The van der Waals surface area contributed by atoms with Crippen molar-refractivity contribution >= 4 is 17.8 Å². The van der Waals surface area contributed by atoms with E-state index in [1.54, 1.807) is 12.1 Å². The van der Waals surface area contributed by atoms with Gasteiger partial charge in [-0.2, -0.15) is 0 Å². The number of amides is 2. The fraction of sp³-hybridized carbons (Fsp3) is 0.400. The maximum atomic E-state index is 11.9. The van der Waals surface area contributed by atoms with Gasteiger partial charge in [0.2, 0.25) is 5.91 Å². The van der Waals surface area contributed by atoms with Crippen LogP contribution in [0.25, 0.3) is 0 Å². The molecule has 6 heteroatoms. The largest absolute Gasteiger partial charge is 0.481 e. The average Bonchev–Trinajstić information content (AvgIpc) is 2.44. The average molecular weight is 292 g/mol. The van der Waals surface area contributed by atoms with Crippen LogP contribution in [0, 0.1) is 19.8 Å². The minimum Gasteiger partial charge on any atom is -0.481 e. The highest BCUT2D eigenvalue weighted by Gasteiger charge is 2.13. The first kappa shape index (κ1) is 16.7. The summed E-state index contributed by atoms with van der Waals surface area (Å²) >= 11 is 0. The van der Waals surface area contributed by atoms with Gasteiger partial charge in [-0.15, -0.1) is 0 Å². The van der Waals surface area contributed by atoms with Crippen LogP contribution in [0.3, 0.4) is 0 Å². The summed E-state index contributed by atoms with van der Waals surface area (Å²) in [6, 6.07) is 5.30. The van der Waals surface area contributed by atoms with Crippen molar-refractivity contribution in [3.63, 3.8) is 0 Å². The number of rotatable bonds is 6. The topological polar surface area (TPSA) is 95.5 Å². The minimum absolute atomic E-state index is 0.0354. The van der Waals surface area contributed by atoms with Crippen LogP contribution in [-0.4, -0.2) is 36.0 Å². The van der Waals surface area contributed by atoms with Crippen LogP contribution in [0.5, 0.6) is 0 Å². The van der Waals surface area contributed by atoms with Gasteiger partial charge in [-0.05, 0) is 37.1 Å². The van der Waals surface area contributed by atoms with E-state index in [-0.39, 0.29) is 19.0 Å². The third kappa shape index (κ3) is 5.25. The number of carboxylic acid groups (broad SMARTS) is 1. The Morgan fingerprint density at radius 3 is 2.38 bits per heavy atom. The Balaban J connectivity index is 2.43. The number of aliphatic carboxylic acids is 1. The van der Waals surface area contributed by atoms with Crippen molar-refractivity contribution in [2.75, 3.05) is 13.1 Å². The summed E-state index contributed by atoms with van der Waals surface area (Å²) in [5.41, 5.74) is 2.58. The molecule has 0 spiro atoms. The molecule has 2 amide bonds. The third-order valence-electron chi connectivity index (χ3n) is 3.21. The predicted octanol–water partition coefficient (Wildman–Crippen LogP) is 0.870. The van der Waals surface area contributed by atoms with Crippen LogP contribution in [0.2, 0.25) is 0 Å². The van der Waals surface area contributed by atoms with E-state index in [9.17, 15) is 14.4 Å². The highest BCUT2D eigenvalue weighted by molar-refractivity contribution is 5.96. The number of benzene rings is 1. The van der Waals surface area contributed by atoms with Gasteiger partial charge in [0.1, 0.15) is 0 Å². The lowest BCUT2D eigenvalue weighted by Crippen LogP contribution is -2.39. The number of hydrogen-bond acceptors (Lipinski definition) is 3. The Hall–Kier alpha value is -2.37. The van der Waals surface area contributed by atoms with Crippen LogP contribution in [0.15, 0.2) is 18.2 Å². The van der Waals surface area contributed by atoms with Crippen molar-refractivity contribution in [3.8, 4) is 0 Å². The third-order valence-corrected chi connectivity index (χ3v) is 3.21. The molecule has 1 rings (SSSR count). The molecule has 0 bridgehead atoms. The highest BCUT2D eigenvalue weighted by atomic mass is 16.4. The molecule has 0 saturated carbocycles. The maximum Gasteiger partial charge on any atom is 0.308 e. The van der Waals surface area contributed by atoms with E-state index in [4.69, 9.17) is 5.11 Å². The molecule has 1 aromatic carbocycles. The lowest BCUT2D eigenvalue weighted by Gasteiger charge is -2.10. The lowest BCUT2D eigenvalue weighted by atomic mass is 10.1. The first-order chi connectivity index (χ1) is 9.81. The monoisotopic (exact) mass is 292 g/mol. The van der Waals surface area contributed by atoms with Gasteiger partial charge in [0.25, 0.3) is 5.91 Å². The van der Waals surface area contributed by atoms with E-state index in [2.05, 4.69) is 10.6 Å². The Morgan fingerprint density at radius 2 is 1.81 bits per heavy atom. The van der Waals surface area contributed by atoms with Gasteiger partial charge in [-0.1, -0.05) is 13.0 Å². The van der Waals surface area contributed by atoms with Gasteiger partial charge in [0.05, 0.1) is 12.5 Å². The van der Waals surface area contributed by atoms with E-state index in [0.29, 0.717) is 5.56 Å². The number of carbonyl (C=O) groups is 3. The summed E-state index contributed by atoms with van der Waals surface area (Å²) in [6.07, 6.45) is 0. The normalized spacial score (nSPS) is 11.6. The van der Waals surface area contributed by atoms with Crippen molar-refractivity contribution in [1.29, 1.82) is 0 Å². The molecular weight excluding hydrogens is 272 g/mol. The second-order valence-corrected chi connectivity index (χ2v) is 5.03. The van der Waals surface area contributed by atoms with E-state index in [1.807, 2.05) is 19.9 Å². The molecular formula is C15H20N2O4. The molecule has 0 radical (unpaired) electrons. The quantitative estimate of drug-likeness (QED) is 0.725. The molecule has 0 aliphatic heterocycles. The fourth-order valence-corrected chi connectivity index (χ4v) is 1.56. The number of nitrogens with one attached hydrogen (secondary N) is 2. The number of aryl methyl sites for hydroxylation is 2. The highest BCUT2D eigenvalue weighted by Crippen LogP contribution is 2.09. The van der Waals surface area contributed by atoms with Crippen LogP contribution in [-0.2, 0) is 9.59 Å². The second kappa shape index (κ2) is 7.42. The summed E-state index contributed by atoms with van der Waals surface area (Å²) in [7, 11) is 0. The predicted molar refractivity (Wildman–Crippen MR) is 78.1 cm³/mol. The van der Waals surface area contributed by atoms with Crippen molar-refractivity contribution in [3.05, 3.63) is 34.9 Å². The first-order valence-corrected chi connectivity index (χ1v) is 6.66. The van der Waals surface area contributed by atoms with Crippen LogP contribution < -0.4 is 10.6 Å². The van der Waals surface area contributed by atoms with Crippen LogP contribution in [0.4, 0.5) is 0 Å². The van der Waals surface area contributed by atoms with E-state index in [0.717, 1.165) is 11.1 Å². The van der Waals surface area contributed by atoms with Crippen molar-refractivity contribution < 1.29 is 19.5 Å². The van der Waals surface area contributed by atoms with E-state index >= 15 is 0 Å². The summed E-state index contributed by atoms with van der Waals surface area (Å²) in [4.78, 5) is 34.0. The summed E-state index contributed by atoms with van der Waals surface area (Å²) in [5, 5.41) is 13.6. The summed E-state index contributed by atoms with van der Waals surface area (Å²) in [5.74, 6) is -2.39. The van der Waals surface area contributed by atoms with Gasteiger partial charge < -0.3 is 15.7 Å². The molecule has 0 aliphatic carbocycles. The molecule has 0 aromatic heterocycles. The molecule has 0 saturated heterocycles. The lowest BCUT2D eigenvalue weighted by molar-refractivity contribution is -0.141. The van der Waals surface area contributed by atoms with Crippen LogP contribution in [0.1, 0.15) is 28.4 Å². The van der Waals surface area contributed by atoms with E-state index < -0.39 is 17.8 Å². The van der Waals surface area contributed by atoms with Crippen molar-refractivity contribution in [2.45, 2.75) is 20.8 Å². The second-order valence-electron chi connectivity index (χ2n) is 5.03. The molecule has 1 atom stereocenters. The Kier molecular flexibility index (Phi) is 5.90. The van der Waals surface area contributed by atoms with Gasteiger partial charge in [-0.3, -0.25) is 14.4 Å². The molecule has 0 heterocycles. The molecule has 0 aliphatic rings. The van der Waals surface area contributed by atoms with Gasteiger partial charge >= 0.3 is 5.97 Å². The number of carbonyl (C=O) groups excluding carboxylic acids is 2. The smallest absolute Gasteiger partial charge is 0.308 e. The standard InChI is InChI=1S/C15H20N2O4/c1-9-4-5-12(6-10(9)2)14(19)17-8-13(18)16-7-11(3)15(20)21/h4-6,11H,7-8H2,1-3H3,(H,16,18)(H,17,19)(H,20,21). The molecule has 3 N–H and O–H groups in total. The van der Waals surface area contributed by atoms with Crippen LogP contribution >= 0.6 is 0 Å². The van der Waals surface area contributed by atoms with Gasteiger partial charge in [0.15, 0.2) is 0 Å².